The number of amides is 3. The van der Waals surface area contributed by atoms with Crippen molar-refractivity contribution in [1.82, 2.24) is 9.80 Å². The molecule has 0 N–H and O–H groups in total. The van der Waals surface area contributed by atoms with Crippen molar-refractivity contribution in [1.29, 1.82) is 0 Å². The smallest absolute Gasteiger partial charge is 0.241 e. The summed E-state index contributed by atoms with van der Waals surface area (Å²) in [5.41, 5.74) is 2.85. The van der Waals surface area contributed by atoms with E-state index in [1.807, 2.05) is 0 Å². The summed E-state index contributed by atoms with van der Waals surface area (Å²) in [5.74, 6) is -0.825. The zero-order chi connectivity index (χ0) is 25.2. The summed E-state index contributed by atoms with van der Waals surface area (Å²) in [6.07, 6.45) is -0.165. The van der Waals surface area contributed by atoms with Gasteiger partial charge in [-0.15, -0.1) is 0 Å². The second kappa shape index (κ2) is 10.4. The minimum absolute atomic E-state index is 0.0758. The summed E-state index contributed by atoms with van der Waals surface area (Å²) in [5, 5.41) is 0.384. The molecule has 35 heavy (non-hydrogen) atoms. The summed E-state index contributed by atoms with van der Waals surface area (Å²) in [6, 6.07) is 13.4. The maximum atomic E-state index is 13.6. The van der Waals surface area contributed by atoms with Crippen molar-refractivity contribution in [3.05, 3.63) is 64.2 Å². The van der Waals surface area contributed by atoms with E-state index in [0.29, 0.717) is 36.8 Å². The highest BCUT2D eigenvalue weighted by molar-refractivity contribution is 6.32. The highest BCUT2D eigenvalue weighted by Crippen LogP contribution is 2.43. The van der Waals surface area contributed by atoms with Crippen LogP contribution in [0.1, 0.15) is 29.5 Å². The maximum absolute atomic E-state index is 13.6. The van der Waals surface area contributed by atoms with Crippen LogP contribution in [0.2, 0.25) is 5.02 Å². The maximum Gasteiger partial charge on any atom is 0.241 e. The van der Waals surface area contributed by atoms with E-state index in [4.69, 9.17) is 16.3 Å². The molecule has 7 nitrogen and oxygen atoms in total. The molecule has 8 heteroatoms. The predicted octanol–water partition coefficient (Wildman–Crippen LogP) is 3.34. The van der Waals surface area contributed by atoms with Crippen LogP contribution < -0.4 is 4.90 Å². The Balaban J connectivity index is 1.53. The lowest BCUT2D eigenvalue weighted by atomic mass is 9.75. The van der Waals surface area contributed by atoms with Gasteiger partial charge in [0.1, 0.15) is 0 Å². The van der Waals surface area contributed by atoms with Gasteiger partial charge in [-0.25, -0.2) is 0 Å². The zero-order valence-electron chi connectivity index (χ0n) is 20.6. The van der Waals surface area contributed by atoms with Crippen LogP contribution in [-0.2, 0) is 24.5 Å². The van der Waals surface area contributed by atoms with Crippen molar-refractivity contribution < 1.29 is 19.1 Å². The summed E-state index contributed by atoms with van der Waals surface area (Å²) in [6.45, 7) is 7.11. The van der Waals surface area contributed by atoms with Gasteiger partial charge in [0.15, 0.2) is 0 Å². The highest BCUT2D eigenvalue weighted by atomic mass is 35.5. The molecule has 1 unspecified atom stereocenters. The average molecular weight is 498 g/mol. The zero-order valence-corrected chi connectivity index (χ0v) is 21.3. The van der Waals surface area contributed by atoms with Crippen LogP contribution in [0.3, 0.4) is 0 Å². The largest absolute Gasteiger partial charge is 0.383 e. The topological polar surface area (TPSA) is 70.2 Å². The molecule has 2 aliphatic heterocycles. The molecule has 2 heterocycles. The lowest BCUT2D eigenvalue weighted by Crippen LogP contribution is -2.51. The Labute approximate surface area is 211 Å². The molecule has 186 valence electrons. The van der Waals surface area contributed by atoms with Crippen LogP contribution in [0.4, 0.5) is 5.69 Å². The average Bonchev–Trinajstić information content (AvgIpc) is 3.07. The first-order valence-electron chi connectivity index (χ1n) is 12.0. The number of nitrogens with zero attached hydrogens (tertiary/aromatic N) is 3. The van der Waals surface area contributed by atoms with Crippen LogP contribution in [-0.4, -0.2) is 74.0 Å². The van der Waals surface area contributed by atoms with Crippen LogP contribution in [0.5, 0.6) is 0 Å². The third kappa shape index (κ3) is 4.93. The summed E-state index contributed by atoms with van der Waals surface area (Å²) in [4.78, 5) is 45.3. The molecule has 2 aromatic carbocycles. The number of anilines is 1. The first-order chi connectivity index (χ1) is 16.8. The molecule has 0 radical (unpaired) electrons. The van der Waals surface area contributed by atoms with Gasteiger partial charge in [-0.3, -0.25) is 19.3 Å². The SMILES string of the molecule is COCCN1C(=O)CC(CC(=O)N2CCN(c3ccc(C)cc3C)CC2)(c2ccccc2Cl)C1=O. The molecule has 0 saturated carbocycles. The van der Waals surface area contributed by atoms with Gasteiger partial charge < -0.3 is 14.5 Å². The number of aryl methyl sites for hydroxylation is 2. The van der Waals surface area contributed by atoms with Gasteiger partial charge in [0.25, 0.3) is 0 Å². The van der Waals surface area contributed by atoms with Gasteiger partial charge >= 0.3 is 0 Å². The Morgan fingerprint density at radius 2 is 1.77 bits per heavy atom. The molecule has 3 amide bonds. The van der Waals surface area contributed by atoms with Crippen molar-refractivity contribution in [2.45, 2.75) is 32.1 Å². The molecule has 4 rings (SSSR count). The molecule has 0 aromatic heterocycles. The lowest BCUT2D eigenvalue weighted by molar-refractivity contribution is -0.143. The van der Waals surface area contributed by atoms with Gasteiger partial charge in [0.2, 0.25) is 17.7 Å². The number of carbonyl (C=O) groups is 3. The van der Waals surface area contributed by atoms with Crippen molar-refractivity contribution in [3.63, 3.8) is 0 Å². The predicted molar refractivity (Wildman–Crippen MR) is 136 cm³/mol. The van der Waals surface area contributed by atoms with Crippen LogP contribution in [0, 0.1) is 13.8 Å². The number of piperazine rings is 1. The number of hydrogen-bond donors (Lipinski definition) is 0. The Hall–Kier alpha value is -2.90. The number of rotatable bonds is 7. The fourth-order valence-electron chi connectivity index (χ4n) is 5.23. The van der Waals surface area contributed by atoms with Crippen LogP contribution >= 0.6 is 11.6 Å². The quantitative estimate of drug-likeness (QED) is 0.549. The van der Waals surface area contributed by atoms with Crippen molar-refractivity contribution in [3.8, 4) is 0 Å². The van der Waals surface area contributed by atoms with Crippen molar-refractivity contribution >= 4 is 35.0 Å². The molecule has 0 bridgehead atoms. The normalized spacial score (nSPS) is 20.6. The lowest BCUT2D eigenvalue weighted by Gasteiger charge is -2.38. The highest BCUT2D eigenvalue weighted by Gasteiger charge is 2.54. The molecule has 0 aliphatic carbocycles. The van der Waals surface area contributed by atoms with Gasteiger partial charge in [-0.2, -0.15) is 0 Å². The van der Waals surface area contributed by atoms with E-state index in [1.54, 1.807) is 29.2 Å². The first-order valence-corrected chi connectivity index (χ1v) is 12.3. The van der Waals surface area contributed by atoms with Crippen molar-refractivity contribution in [2.75, 3.05) is 51.3 Å². The molecule has 2 saturated heterocycles. The number of halogens is 1. The molecule has 0 spiro atoms. The second-order valence-corrected chi connectivity index (χ2v) is 9.82. The number of methoxy groups -OCH3 is 1. The molecule has 1 atom stereocenters. The molecular weight excluding hydrogens is 466 g/mol. The third-order valence-electron chi connectivity index (χ3n) is 7.10. The Morgan fingerprint density at radius 1 is 1.06 bits per heavy atom. The van der Waals surface area contributed by atoms with Gasteiger partial charge in [0, 0.05) is 56.8 Å². The van der Waals surface area contributed by atoms with E-state index in [-0.39, 0.29) is 43.7 Å². The first kappa shape index (κ1) is 25.2. The van der Waals surface area contributed by atoms with Gasteiger partial charge in [-0.05, 0) is 37.1 Å². The van der Waals surface area contributed by atoms with Crippen LogP contribution in [0.15, 0.2) is 42.5 Å². The summed E-state index contributed by atoms with van der Waals surface area (Å²) < 4.78 is 5.08. The minimum atomic E-state index is -1.30. The monoisotopic (exact) mass is 497 g/mol. The molecular formula is C27H32ClN3O4. The molecule has 2 fully saturated rings. The number of hydrogen-bond acceptors (Lipinski definition) is 5. The number of carbonyl (C=O) groups excluding carboxylic acids is 3. The number of ether oxygens (including phenoxy) is 1. The number of benzene rings is 2. The van der Waals surface area contributed by atoms with Crippen LogP contribution in [0.25, 0.3) is 0 Å². The molecule has 2 aliphatic rings. The van der Waals surface area contributed by atoms with E-state index in [9.17, 15) is 14.4 Å². The van der Waals surface area contributed by atoms with E-state index in [2.05, 4.69) is 36.9 Å². The molecule has 2 aromatic rings. The fraction of sp³-hybridized carbons (Fsp3) is 0.444. The fourth-order valence-corrected chi connectivity index (χ4v) is 5.55. The van der Waals surface area contributed by atoms with E-state index in [0.717, 1.165) is 0 Å². The van der Waals surface area contributed by atoms with E-state index >= 15 is 0 Å². The summed E-state index contributed by atoms with van der Waals surface area (Å²) in [7, 11) is 1.52. The Kier molecular flexibility index (Phi) is 7.47. The number of imide groups is 1. The minimum Gasteiger partial charge on any atom is -0.383 e. The standard InChI is InChI=1S/C27H32ClN3O4/c1-19-8-9-23(20(2)16-19)29-10-12-30(13-11-29)24(32)17-27(21-6-4-5-7-22(21)28)18-25(33)31(26(27)34)14-15-35-3/h4-9,16H,10-15,17-18H2,1-3H3. The third-order valence-corrected chi connectivity index (χ3v) is 7.42. The summed E-state index contributed by atoms with van der Waals surface area (Å²) >= 11 is 6.50. The number of likely N-dealkylation sites (tertiary alicyclic amines) is 1. The Morgan fingerprint density at radius 3 is 2.43 bits per heavy atom. The van der Waals surface area contributed by atoms with Gasteiger partial charge in [0.05, 0.1) is 18.6 Å². The van der Waals surface area contributed by atoms with E-state index in [1.165, 1.54) is 28.8 Å². The van der Waals surface area contributed by atoms with E-state index < -0.39 is 5.41 Å². The Bertz CT molecular complexity index is 1130. The van der Waals surface area contributed by atoms with Crippen molar-refractivity contribution in [2.24, 2.45) is 0 Å². The second-order valence-electron chi connectivity index (χ2n) is 9.42. The van der Waals surface area contributed by atoms with Gasteiger partial charge in [-0.1, -0.05) is 47.5 Å².